The Morgan fingerprint density at radius 2 is 2.04 bits per heavy atom. The summed E-state index contributed by atoms with van der Waals surface area (Å²) < 4.78 is 42.9. The van der Waals surface area contributed by atoms with Crippen molar-refractivity contribution in [2.75, 3.05) is 19.7 Å². The van der Waals surface area contributed by atoms with Crippen molar-refractivity contribution in [1.29, 1.82) is 0 Å². The summed E-state index contributed by atoms with van der Waals surface area (Å²) in [7, 11) is 0. The first-order chi connectivity index (χ1) is 10.9. The summed E-state index contributed by atoms with van der Waals surface area (Å²) in [6.07, 6.45) is -6.57. The Bertz CT molecular complexity index is 800. The number of fused-ring (bicyclic) bond motifs is 1. The second-order valence-corrected chi connectivity index (χ2v) is 5.25. The van der Waals surface area contributed by atoms with E-state index in [2.05, 4.69) is 9.72 Å². The predicted octanol–water partition coefficient (Wildman–Crippen LogP) is 1.93. The third-order valence-electron chi connectivity index (χ3n) is 3.70. The molecule has 0 spiro atoms. The van der Waals surface area contributed by atoms with E-state index in [1.54, 1.807) is 24.3 Å². The molecule has 1 aliphatic rings. The predicted molar refractivity (Wildman–Crippen MR) is 76.3 cm³/mol. The zero-order chi connectivity index (χ0) is 16.6. The number of nitrogens with one attached hydrogen (secondary N) is 1. The molecule has 1 aromatic heterocycles. The number of nitrogens with zero attached hydrogens (tertiary/aromatic N) is 1. The van der Waals surface area contributed by atoms with Gasteiger partial charge in [0.1, 0.15) is 5.56 Å². The molecule has 122 valence electrons. The summed E-state index contributed by atoms with van der Waals surface area (Å²) in [4.78, 5) is 28.0. The average Bonchev–Trinajstić information content (AvgIpc) is 2.53. The number of para-hydroxylation sites is 1. The van der Waals surface area contributed by atoms with Crippen LogP contribution in [0.3, 0.4) is 0 Å². The standard InChI is InChI=1S/C15H13F3N2O3/c16-15(17,18)12-8-20(5-6-23-12)14(22)10-7-9-3-1-2-4-11(9)19-13(10)21/h1-4,7,12H,5-6,8H2,(H,19,21)/t12-/m0/s1. The van der Waals surface area contributed by atoms with Crippen LogP contribution in [0.4, 0.5) is 13.2 Å². The number of hydrogen-bond donors (Lipinski definition) is 1. The van der Waals surface area contributed by atoms with Gasteiger partial charge in [-0.05, 0) is 17.5 Å². The summed E-state index contributed by atoms with van der Waals surface area (Å²) in [5.74, 6) is -0.727. The van der Waals surface area contributed by atoms with Gasteiger partial charge in [0.25, 0.3) is 11.5 Å². The molecule has 1 fully saturated rings. The third-order valence-corrected chi connectivity index (χ3v) is 3.70. The summed E-state index contributed by atoms with van der Waals surface area (Å²) in [5, 5.41) is 0.635. The normalized spacial score (nSPS) is 19.1. The van der Waals surface area contributed by atoms with Gasteiger partial charge in [-0.3, -0.25) is 9.59 Å². The topological polar surface area (TPSA) is 62.4 Å². The Labute approximate surface area is 128 Å². The molecule has 2 aromatic rings. The SMILES string of the molecule is O=C(c1cc2ccccc2[nH]c1=O)N1CCO[C@H](C(F)(F)F)C1. The van der Waals surface area contributed by atoms with E-state index in [4.69, 9.17) is 0 Å². The number of halogens is 3. The lowest BCUT2D eigenvalue weighted by Gasteiger charge is -2.33. The molecule has 1 saturated heterocycles. The minimum Gasteiger partial charge on any atom is -0.365 e. The van der Waals surface area contributed by atoms with Crippen LogP contribution in [0.5, 0.6) is 0 Å². The number of hydrogen-bond acceptors (Lipinski definition) is 3. The van der Waals surface area contributed by atoms with Crippen LogP contribution in [-0.2, 0) is 4.74 Å². The van der Waals surface area contributed by atoms with Crippen molar-refractivity contribution in [2.45, 2.75) is 12.3 Å². The highest BCUT2D eigenvalue weighted by molar-refractivity contribution is 5.97. The van der Waals surface area contributed by atoms with Crippen molar-refractivity contribution >= 4 is 16.8 Å². The van der Waals surface area contributed by atoms with E-state index in [1.807, 2.05) is 0 Å². The molecular weight excluding hydrogens is 313 g/mol. The quantitative estimate of drug-likeness (QED) is 0.871. The molecular formula is C15H13F3N2O3. The van der Waals surface area contributed by atoms with Crippen molar-refractivity contribution in [3.63, 3.8) is 0 Å². The van der Waals surface area contributed by atoms with Crippen molar-refractivity contribution < 1.29 is 22.7 Å². The number of rotatable bonds is 1. The Kier molecular flexibility index (Phi) is 3.85. The lowest BCUT2D eigenvalue weighted by atomic mass is 10.1. The van der Waals surface area contributed by atoms with E-state index in [0.29, 0.717) is 10.9 Å². The van der Waals surface area contributed by atoms with Gasteiger partial charge in [-0.25, -0.2) is 0 Å². The number of pyridine rings is 1. The number of aromatic nitrogens is 1. The molecule has 1 aliphatic heterocycles. The number of benzene rings is 1. The highest BCUT2D eigenvalue weighted by Crippen LogP contribution is 2.26. The van der Waals surface area contributed by atoms with E-state index < -0.39 is 30.3 Å². The fraction of sp³-hybridized carbons (Fsp3) is 0.333. The number of alkyl halides is 3. The van der Waals surface area contributed by atoms with E-state index in [9.17, 15) is 22.8 Å². The molecule has 1 atom stereocenters. The van der Waals surface area contributed by atoms with E-state index in [-0.39, 0.29) is 18.7 Å². The smallest absolute Gasteiger partial charge is 0.365 e. The van der Waals surface area contributed by atoms with Gasteiger partial charge in [-0.15, -0.1) is 0 Å². The molecule has 2 heterocycles. The van der Waals surface area contributed by atoms with Gasteiger partial charge in [0.05, 0.1) is 13.2 Å². The minimum atomic E-state index is -4.55. The van der Waals surface area contributed by atoms with Crippen LogP contribution >= 0.6 is 0 Å². The number of amides is 1. The van der Waals surface area contributed by atoms with Crippen LogP contribution in [-0.4, -0.2) is 47.8 Å². The fourth-order valence-corrected chi connectivity index (χ4v) is 2.51. The first kappa shape index (κ1) is 15.5. The lowest BCUT2D eigenvalue weighted by molar-refractivity contribution is -0.233. The van der Waals surface area contributed by atoms with Gasteiger partial charge in [-0.1, -0.05) is 18.2 Å². The van der Waals surface area contributed by atoms with Crippen LogP contribution in [0.2, 0.25) is 0 Å². The fourth-order valence-electron chi connectivity index (χ4n) is 2.51. The molecule has 1 N–H and O–H groups in total. The van der Waals surface area contributed by atoms with Gasteiger partial charge < -0.3 is 14.6 Å². The summed E-state index contributed by atoms with van der Waals surface area (Å²) >= 11 is 0. The molecule has 0 unspecified atom stereocenters. The summed E-state index contributed by atoms with van der Waals surface area (Å²) in [6, 6.07) is 8.26. The Morgan fingerprint density at radius 1 is 1.30 bits per heavy atom. The summed E-state index contributed by atoms with van der Waals surface area (Å²) in [5.41, 5.74) is -0.237. The van der Waals surface area contributed by atoms with Gasteiger partial charge in [-0.2, -0.15) is 13.2 Å². The average molecular weight is 326 g/mol. The van der Waals surface area contributed by atoms with Crippen LogP contribution in [0.1, 0.15) is 10.4 Å². The zero-order valence-electron chi connectivity index (χ0n) is 11.9. The van der Waals surface area contributed by atoms with Crippen LogP contribution in [0.25, 0.3) is 10.9 Å². The molecule has 0 bridgehead atoms. The molecule has 5 nitrogen and oxygen atoms in total. The van der Waals surface area contributed by atoms with Gasteiger partial charge in [0, 0.05) is 12.1 Å². The number of aromatic amines is 1. The maximum atomic E-state index is 12.7. The minimum absolute atomic E-state index is 0.0116. The first-order valence-corrected chi connectivity index (χ1v) is 6.96. The number of carbonyl (C=O) groups excluding carboxylic acids is 1. The molecule has 0 saturated carbocycles. The molecule has 1 amide bonds. The Morgan fingerprint density at radius 3 is 2.78 bits per heavy atom. The van der Waals surface area contributed by atoms with E-state index in [1.165, 1.54) is 6.07 Å². The number of carbonyl (C=O) groups is 1. The summed E-state index contributed by atoms with van der Waals surface area (Å²) in [6.45, 7) is -0.826. The highest BCUT2D eigenvalue weighted by atomic mass is 19.4. The number of morpholine rings is 1. The first-order valence-electron chi connectivity index (χ1n) is 6.96. The molecule has 8 heteroatoms. The van der Waals surface area contributed by atoms with Crippen molar-refractivity contribution in [3.8, 4) is 0 Å². The maximum absolute atomic E-state index is 12.7. The molecule has 0 aliphatic carbocycles. The second-order valence-electron chi connectivity index (χ2n) is 5.25. The second kappa shape index (κ2) is 5.69. The highest BCUT2D eigenvalue weighted by Gasteiger charge is 2.44. The molecule has 23 heavy (non-hydrogen) atoms. The molecule has 0 radical (unpaired) electrons. The van der Waals surface area contributed by atoms with Gasteiger partial charge >= 0.3 is 6.18 Å². The van der Waals surface area contributed by atoms with Gasteiger partial charge in [0.2, 0.25) is 0 Å². The Balaban J connectivity index is 1.91. The zero-order valence-corrected chi connectivity index (χ0v) is 11.9. The number of H-pyrrole nitrogens is 1. The molecule has 3 rings (SSSR count). The largest absolute Gasteiger partial charge is 0.416 e. The lowest BCUT2D eigenvalue weighted by Crippen LogP contribution is -2.51. The maximum Gasteiger partial charge on any atom is 0.416 e. The van der Waals surface area contributed by atoms with Crippen LogP contribution in [0, 0.1) is 0 Å². The van der Waals surface area contributed by atoms with Crippen molar-refractivity contribution in [2.24, 2.45) is 0 Å². The van der Waals surface area contributed by atoms with Crippen molar-refractivity contribution in [1.82, 2.24) is 9.88 Å². The Hall–Kier alpha value is -2.35. The third kappa shape index (κ3) is 3.07. The van der Waals surface area contributed by atoms with E-state index in [0.717, 1.165) is 4.90 Å². The van der Waals surface area contributed by atoms with Crippen LogP contribution in [0.15, 0.2) is 35.1 Å². The van der Waals surface area contributed by atoms with E-state index >= 15 is 0 Å². The van der Waals surface area contributed by atoms with Gasteiger partial charge in [0.15, 0.2) is 6.10 Å². The monoisotopic (exact) mass is 326 g/mol. The van der Waals surface area contributed by atoms with Crippen molar-refractivity contribution in [3.05, 3.63) is 46.2 Å². The number of ether oxygens (including phenoxy) is 1. The molecule has 1 aromatic carbocycles. The van der Waals surface area contributed by atoms with Crippen LogP contribution < -0.4 is 5.56 Å².